The number of carboxylic acid groups (broad SMARTS) is 1. The Morgan fingerprint density at radius 1 is 0.882 bits per heavy atom. The van der Waals surface area contributed by atoms with E-state index in [4.69, 9.17) is 14.2 Å². The van der Waals surface area contributed by atoms with Gasteiger partial charge in [-0.15, -0.1) is 5.10 Å². The number of ketones is 1. The smallest absolute Gasteiger partial charge is 0.338 e. The molecular weight excluding hydrogens is 446 g/mol. The summed E-state index contributed by atoms with van der Waals surface area (Å²) in [5, 5.41) is 13.7. The van der Waals surface area contributed by atoms with Crippen molar-refractivity contribution in [3.63, 3.8) is 0 Å². The van der Waals surface area contributed by atoms with E-state index < -0.39 is 48.2 Å². The highest BCUT2D eigenvalue weighted by Crippen LogP contribution is 2.34. The van der Waals surface area contributed by atoms with Gasteiger partial charge in [-0.05, 0) is 24.3 Å². The zero-order valence-electron chi connectivity index (χ0n) is 17.8. The van der Waals surface area contributed by atoms with E-state index in [-0.39, 0.29) is 17.0 Å². The van der Waals surface area contributed by atoms with Crippen LogP contribution in [0.2, 0.25) is 0 Å². The van der Waals surface area contributed by atoms with Gasteiger partial charge in [0.05, 0.1) is 11.1 Å². The SMILES string of the molecule is CC(=O)c1ncn([C@@H]2O[C@H](C(=O)O)[C@@H](OC(=O)c3ccccc3)[C@H]2OC(=O)c2ccccc2)n1. The summed E-state index contributed by atoms with van der Waals surface area (Å²) in [6, 6.07) is 15.9. The summed E-state index contributed by atoms with van der Waals surface area (Å²) in [4.78, 5) is 53.0. The van der Waals surface area contributed by atoms with E-state index in [2.05, 4.69) is 10.1 Å². The third-order valence-corrected chi connectivity index (χ3v) is 5.02. The first-order valence-corrected chi connectivity index (χ1v) is 10.2. The van der Waals surface area contributed by atoms with Crippen LogP contribution in [-0.2, 0) is 19.0 Å². The Labute approximate surface area is 192 Å². The van der Waals surface area contributed by atoms with Crippen molar-refractivity contribution in [3.05, 3.63) is 83.9 Å². The number of aromatic nitrogens is 3. The summed E-state index contributed by atoms with van der Waals surface area (Å²) < 4.78 is 17.7. The van der Waals surface area contributed by atoms with E-state index in [9.17, 15) is 24.3 Å². The van der Waals surface area contributed by atoms with E-state index in [0.717, 1.165) is 11.0 Å². The van der Waals surface area contributed by atoms with Gasteiger partial charge in [-0.2, -0.15) is 0 Å². The number of ether oxygens (including phenoxy) is 3. The van der Waals surface area contributed by atoms with Crippen LogP contribution in [0.4, 0.5) is 0 Å². The summed E-state index contributed by atoms with van der Waals surface area (Å²) in [5.41, 5.74) is 0.360. The molecule has 3 aromatic rings. The van der Waals surface area contributed by atoms with Gasteiger partial charge in [-0.3, -0.25) is 4.79 Å². The number of Topliss-reactive ketones (excluding diaryl/α,β-unsaturated/α-hetero) is 1. The fourth-order valence-electron chi connectivity index (χ4n) is 3.40. The summed E-state index contributed by atoms with van der Waals surface area (Å²) in [6.07, 6.45) is -4.81. The first kappa shape index (κ1) is 22.8. The van der Waals surface area contributed by atoms with Crippen LogP contribution in [0, 0.1) is 0 Å². The zero-order chi connectivity index (χ0) is 24.2. The fraction of sp³-hybridized carbons (Fsp3) is 0.217. The van der Waals surface area contributed by atoms with Crippen LogP contribution in [0.5, 0.6) is 0 Å². The molecule has 0 amide bonds. The monoisotopic (exact) mass is 465 g/mol. The molecule has 0 spiro atoms. The lowest BCUT2D eigenvalue weighted by atomic mass is 10.1. The Balaban J connectivity index is 1.69. The average molecular weight is 465 g/mol. The van der Waals surface area contributed by atoms with Crippen LogP contribution in [-0.4, -0.2) is 61.9 Å². The maximum atomic E-state index is 12.8. The fourth-order valence-corrected chi connectivity index (χ4v) is 3.40. The lowest BCUT2D eigenvalue weighted by molar-refractivity contribution is -0.155. The van der Waals surface area contributed by atoms with Crippen LogP contribution in [0.3, 0.4) is 0 Å². The minimum absolute atomic E-state index is 0.145. The molecule has 1 N–H and O–H groups in total. The van der Waals surface area contributed by atoms with Crippen molar-refractivity contribution in [1.82, 2.24) is 14.8 Å². The van der Waals surface area contributed by atoms with Crippen LogP contribution >= 0.6 is 0 Å². The molecule has 1 saturated heterocycles. The molecule has 0 aliphatic carbocycles. The van der Waals surface area contributed by atoms with Gasteiger partial charge < -0.3 is 19.3 Å². The predicted octanol–water partition coefficient (Wildman–Crippen LogP) is 1.91. The second-order valence-electron chi connectivity index (χ2n) is 7.36. The molecule has 4 atom stereocenters. The van der Waals surface area contributed by atoms with E-state index in [1.807, 2.05) is 0 Å². The maximum absolute atomic E-state index is 12.8. The third kappa shape index (κ3) is 4.69. The quantitative estimate of drug-likeness (QED) is 0.405. The van der Waals surface area contributed by atoms with Gasteiger partial charge in [0.25, 0.3) is 0 Å². The maximum Gasteiger partial charge on any atom is 0.338 e. The zero-order valence-corrected chi connectivity index (χ0v) is 17.8. The van der Waals surface area contributed by atoms with Crippen molar-refractivity contribution >= 4 is 23.7 Å². The molecule has 2 aromatic carbocycles. The van der Waals surface area contributed by atoms with Gasteiger partial charge in [0.2, 0.25) is 5.82 Å². The largest absolute Gasteiger partial charge is 0.479 e. The second kappa shape index (κ2) is 9.63. The van der Waals surface area contributed by atoms with Gasteiger partial charge in [0.1, 0.15) is 6.33 Å². The molecule has 11 nitrogen and oxygen atoms in total. The molecule has 0 unspecified atom stereocenters. The number of carbonyl (C=O) groups is 4. The van der Waals surface area contributed by atoms with Crippen molar-refractivity contribution in [2.75, 3.05) is 0 Å². The van der Waals surface area contributed by atoms with E-state index in [1.54, 1.807) is 36.4 Å². The standard InChI is InChI=1S/C23H19N3O8/c1-13(27)19-24-12-26(25-19)20-17(34-23(31)15-10-6-3-7-11-15)16(18(32-20)21(28)29)33-22(30)14-8-4-2-5-9-14/h2-12,16-18,20H,1H3,(H,28,29)/t16-,17+,18-,20+/m0/s1. The molecular formula is C23H19N3O8. The summed E-state index contributed by atoms with van der Waals surface area (Å²) in [5.74, 6) is -3.64. The average Bonchev–Trinajstić information content (AvgIpc) is 3.46. The van der Waals surface area contributed by atoms with Crippen LogP contribution in [0.1, 0.15) is 44.5 Å². The first-order valence-electron chi connectivity index (χ1n) is 10.2. The van der Waals surface area contributed by atoms with Crippen LogP contribution in [0.25, 0.3) is 0 Å². The lowest BCUT2D eigenvalue weighted by Crippen LogP contribution is -2.42. The molecule has 0 bridgehead atoms. The molecule has 11 heteroatoms. The lowest BCUT2D eigenvalue weighted by Gasteiger charge is -2.23. The third-order valence-electron chi connectivity index (χ3n) is 5.02. The van der Waals surface area contributed by atoms with Crippen LogP contribution in [0.15, 0.2) is 67.0 Å². The van der Waals surface area contributed by atoms with Crippen molar-refractivity contribution < 1.29 is 38.5 Å². The van der Waals surface area contributed by atoms with E-state index in [0.29, 0.717) is 0 Å². The molecule has 34 heavy (non-hydrogen) atoms. The Morgan fingerprint density at radius 3 is 1.88 bits per heavy atom. The molecule has 2 heterocycles. The number of hydrogen-bond acceptors (Lipinski definition) is 9. The van der Waals surface area contributed by atoms with E-state index >= 15 is 0 Å². The Kier molecular flexibility index (Phi) is 6.46. The number of aliphatic carboxylic acids is 1. The molecule has 0 radical (unpaired) electrons. The highest BCUT2D eigenvalue weighted by atomic mass is 16.7. The molecule has 1 aliphatic rings. The van der Waals surface area contributed by atoms with Gasteiger partial charge >= 0.3 is 17.9 Å². The minimum atomic E-state index is -1.68. The molecule has 1 fully saturated rings. The number of carboxylic acids is 1. The van der Waals surface area contributed by atoms with Gasteiger partial charge in [-0.1, -0.05) is 36.4 Å². The van der Waals surface area contributed by atoms with Crippen molar-refractivity contribution in [3.8, 4) is 0 Å². The Hall–Kier alpha value is -4.38. The normalized spacial score (nSPS) is 21.6. The minimum Gasteiger partial charge on any atom is -0.479 e. The predicted molar refractivity (Wildman–Crippen MR) is 113 cm³/mol. The molecule has 1 aliphatic heterocycles. The highest BCUT2D eigenvalue weighted by Gasteiger charge is 2.54. The molecule has 4 rings (SSSR count). The van der Waals surface area contributed by atoms with Crippen molar-refractivity contribution in [1.29, 1.82) is 0 Å². The van der Waals surface area contributed by atoms with Gasteiger partial charge in [0, 0.05) is 6.92 Å². The summed E-state index contributed by atoms with van der Waals surface area (Å²) >= 11 is 0. The Morgan fingerprint density at radius 2 is 1.41 bits per heavy atom. The van der Waals surface area contributed by atoms with Crippen molar-refractivity contribution in [2.24, 2.45) is 0 Å². The Bertz CT molecular complexity index is 1210. The number of benzene rings is 2. The first-order chi connectivity index (χ1) is 16.3. The summed E-state index contributed by atoms with van der Waals surface area (Å²) in [7, 11) is 0. The highest BCUT2D eigenvalue weighted by molar-refractivity contribution is 5.91. The van der Waals surface area contributed by atoms with Gasteiger partial charge in [0.15, 0.2) is 30.3 Å². The van der Waals surface area contributed by atoms with Crippen molar-refractivity contribution in [2.45, 2.75) is 31.5 Å². The molecule has 1 aromatic heterocycles. The summed E-state index contributed by atoms with van der Waals surface area (Å²) in [6.45, 7) is 1.26. The van der Waals surface area contributed by atoms with Gasteiger partial charge in [-0.25, -0.2) is 24.0 Å². The topological polar surface area (TPSA) is 147 Å². The number of nitrogens with zero attached hydrogens (tertiary/aromatic N) is 3. The number of esters is 2. The number of carbonyl (C=O) groups excluding carboxylic acids is 3. The molecule has 174 valence electrons. The van der Waals surface area contributed by atoms with E-state index in [1.165, 1.54) is 31.2 Å². The van der Waals surface area contributed by atoms with Crippen LogP contribution < -0.4 is 0 Å². The number of rotatable bonds is 7. The molecule has 0 saturated carbocycles. The number of hydrogen-bond donors (Lipinski definition) is 1. The second-order valence-corrected chi connectivity index (χ2v) is 7.36.